The van der Waals surface area contributed by atoms with Crippen LogP contribution in [0.4, 0.5) is 5.69 Å². The van der Waals surface area contributed by atoms with E-state index in [0.29, 0.717) is 37.0 Å². The molecule has 8 heteroatoms. The largest absolute Gasteiger partial charge is 0.539 e. The minimum Gasteiger partial charge on any atom is -0.539 e. The molecule has 0 bridgehead atoms. The van der Waals surface area contributed by atoms with Gasteiger partial charge in [-0.15, -0.1) is 0 Å². The summed E-state index contributed by atoms with van der Waals surface area (Å²) in [7, 11) is -2.23. The monoisotopic (exact) mass is 583 g/mol. The third kappa shape index (κ3) is 5.72. The van der Waals surface area contributed by atoms with Crippen molar-refractivity contribution in [2.24, 2.45) is 17.3 Å². The summed E-state index contributed by atoms with van der Waals surface area (Å²) in [6, 6.07) is 3.81. The molecule has 3 aliphatic carbocycles. The smallest absolute Gasteiger partial charge is 0.309 e. The van der Waals surface area contributed by atoms with E-state index in [-0.39, 0.29) is 33.3 Å². The second-order valence-corrected chi connectivity index (χ2v) is 19.4. The minimum atomic E-state index is -2.23. The van der Waals surface area contributed by atoms with Crippen molar-refractivity contribution in [2.45, 2.75) is 128 Å². The van der Waals surface area contributed by atoms with Crippen LogP contribution >= 0.6 is 0 Å². The quantitative estimate of drug-likeness (QED) is 0.123. The molecule has 226 valence electrons. The molecule has 1 aromatic rings. The van der Waals surface area contributed by atoms with E-state index in [2.05, 4.69) is 52.6 Å². The first-order valence-electron chi connectivity index (χ1n) is 15.7. The summed E-state index contributed by atoms with van der Waals surface area (Å²) >= 11 is 0. The molecule has 0 radical (unpaired) electrons. The number of ether oxygens (including phenoxy) is 2. The first kappa shape index (κ1) is 30.5. The van der Waals surface area contributed by atoms with Crippen LogP contribution in [0.2, 0.25) is 18.1 Å². The maximum absolute atomic E-state index is 12.2. The van der Waals surface area contributed by atoms with Crippen LogP contribution in [0.1, 0.15) is 103 Å². The molecule has 6 atom stereocenters. The first-order valence-corrected chi connectivity index (χ1v) is 18.6. The molecule has 0 spiro atoms. The van der Waals surface area contributed by atoms with Crippen molar-refractivity contribution in [3.63, 3.8) is 0 Å². The number of nitro groups is 1. The number of rotatable bonds is 6. The molecule has 1 aliphatic heterocycles. The maximum Gasteiger partial charge on any atom is 0.309 e. The third-order valence-electron chi connectivity index (χ3n) is 11.3. The average molecular weight is 584 g/mol. The molecule has 4 aliphatic rings. The summed E-state index contributed by atoms with van der Waals surface area (Å²) in [5.41, 5.74) is 1.14. The van der Waals surface area contributed by atoms with Gasteiger partial charge in [-0.05, 0) is 111 Å². The zero-order valence-corrected chi connectivity index (χ0v) is 26.9. The highest BCUT2D eigenvalue weighted by atomic mass is 28.4. The lowest BCUT2D eigenvalue weighted by Gasteiger charge is -2.52. The van der Waals surface area contributed by atoms with Gasteiger partial charge in [-0.2, -0.15) is 0 Å². The summed E-state index contributed by atoms with van der Waals surface area (Å²) < 4.78 is 18.0. The van der Waals surface area contributed by atoms with Crippen molar-refractivity contribution in [1.82, 2.24) is 0 Å². The van der Waals surface area contributed by atoms with E-state index in [4.69, 9.17) is 13.9 Å². The predicted octanol–water partition coefficient (Wildman–Crippen LogP) is 7.50. The van der Waals surface area contributed by atoms with E-state index in [1.165, 1.54) is 5.56 Å². The van der Waals surface area contributed by atoms with Gasteiger partial charge in [0.1, 0.15) is 5.60 Å². The molecule has 1 saturated heterocycles. The zero-order valence-electron chi connectivity index (χ0n) is 25.9. The number of nitro benzene ring substituents is 1. The van der Waals surface area contributed by atoms with Gasteiger partial charge in [-0.3, -0.25) is 10.1 Å². The van der Waals surface area contributed by atoms with Crippen molar-refractivity contribution >= 4 is 14.0 Å². The number of hydrogen-bond acceptors (Lipinski definition) is 6. The van der Waals surface area contributed by atoms with Crippen LogP contribution in [0.3, 0.4) is 0 Å². The minimum absolute atomic E-state index is 0.0469. The number of benzene rings is 1. The molecule has 4 unspecified atom stereocenters. The van der Waals surface area contributed by atoms with Gasteiger partial charge in [0.2, 0.25) is 0 Å². The Morgan fingerprint density at radius 2 is 1.95 bits per heavy atom. The van der Waals surface area contributed by atoms with E-state index >= 15 is 0 Å². The molecule has 41 heavy (non-hydrogen) atoms. The van der Waals surface area contributed by atoms with Crippen molar-refractivity contribution in [2.75, 3.05) is 13.2 Å². The molecule has 5 rings (SSSR count). The Balaban J connectivity index is 1.32. The van der Waals surface area contributed by atoms with Crippen molar-refractivity contribution in [1.29, 1.82) is 0 Å². The van der Waals surface area contributed by atoms with Crippen LogP contribution in [-0.4, -0.2) is 43.5 Å². The van der Waals surface area contributed by atoms with Gasteiger partial charge in [-0.1, -0.05) is 39.5 Å². The summed E-state index contributed by atoms with van der Waals surface area (Å²) in [5.74, 6) is 8.00. The van der Waals surface area contributed by atoms with Crippen molar-refractivity contribution in [3.8, 4) is 17.6 Å². The topological polar surface area (TPSA) is 91.1 Å². The molecule has 2 saturated carbocycles. The summed E-state index contributed by atoms with van der Waals surface area (Å²) in [6.45, 7) is 14.3. The summed E-state index contributed by atoms with van der Waals surface area (Å²) in [6.07, 6.45) is 8.99. The lowest BCUT2D eigenvalue weighted by Crippen LogP contribution is -2.50. The molecule has 7 nitrogen and oxygen atoms in total. The molecule has 1 aromatic carbocycles. The normalized spacial score (nSPS) is 33.1. The highest BCUT2D eigenvalue weighted by Crippen LogP contribution is 2.64. The lowest BCUT2D eigenvalue weighted by atomic mass is 9.53. The van der Waals surface area contributed by atoms with Gasteiger partial charge in [0, 0.05) is 24.5 Å². The van der Waals surface area contributed by atoms with E-state index in [0.717, 1.165) is 63.5 Å². The second-order valence-electron chi connectivity index (χ2n) is 14.6. The summed E-state index contributed by atoms with van der Waals surface area (Å²) in [4.78, 5) is 12.0. The SMILES string of the molecule is CC(C)(C)[Si](C)(C)Oc1cc2c(cc1[N+](=O)[O-])C1CC[C@@]3(C)C(CC[C@@]3(O)C#CCCOC3CCCCO3)C1CC2. The van der Waals surface area contributed by atoms with Crippen molar-refractivity contribution < 1.29 is 23.9 Å². The highest BCUT2D eigenvalue weighted by molar-refractivity contribution is 6.74. The third-order valence-corrected chi connectivity index (χ3v) is 15.6. The van der Waals surface area contributed by atoms with Gasteiger partial charge >= 0.3 is 5.69 Å². The first-order chi connectivity index (χ1) is 19.3. The second kappa shape index (κ2) is 11.3. The maximum atomic E-state index is 12.2. The van der Waals surface area contributed by atoms with E-state index in [1.54, 1.807) is 0 Å². The van der Waals surface area contributed by atoms with Gasteiger partial charge in [0.15, 0.2) is 12.0 Å². The lowest BCUT2D eigenvalue weighted by molar-refractivity contribution is -0.385. The van der Waals surface area contributed by atoms with E-state index in [1.807, 2.05) is 12.1 Å². The fourth-order valence-electron chi connectivity index (χ4n) is 7.75. The summed E-state index contributed by atoms with van der Waals surface area (Å²) in [5, 5.41) is 24.1. The molecule has 1 heterocycles. The van der Waals surface area contributed by atoms with Gasteiger partial charge in [0.25, 0.3) is 8.32 Å². The van der Waals surface area contributed by atoms with Crippen LogP contribution in [0.15, 0.2) is 12.1 Å². The number of aryl methyl sites for hydroxylation is 1. The number of aliphatic hydroxyl groups is 1. The molecular formula is C33H49NO6Si. The fourth-order valence-corrected chi connectivity index (χ4v) is 8.77. The molecule has 0 amide bonds. The Kier molecular flexibility index (Phi) is 8.41. The Labute approximate surface area is 247 Å². The fraction of sp³-hybridized carbons (Fsp3) is 0.758. The van der Waals surface area contributed by atoms with E-state index < -0.39 is 13.9 Å². The van der Waals surface area contributed by atoms with Crippen LogP contribution < -0.4 is 4.43 Å². The Hall–Kier alpha value is -1.92. The zero-order chi connectivity index (χ0) is 29.6. The van der Waals surface area contributed by atoms with Crippen LogP contribution in [-0.2, 0) is 15.9 Å². The van der Waals surface area contributed by atoms with Gasteiger partial charge < -0.3 is 19.0 Å². The van der Waals surface area contributed by atoms with Gasteiger partial charge in [-0.25, -0.2) is 0 Å². The Bertz CT molecular complexity index is 1210. The Morgan fingerprint density at radius 1 is 1.17 bits per heavy atom. The van der Waals surface area contributed by atoms with Crippen LogP contribution in [0.5, 0.6) is 5.75 Å². The predicted molar refractivity (Wildman–Crippen MR) is 162 cm³/mol. The standard InChI is InChI=1S/C33H49NO6Si/c1-31(2,3)41(5,6)40-29-21-23-12-13-25-24(26(23)22-28(29)34(36)37)14-17-32(4)27(25)15-18-33(32,35)16-8-10-20-39-30-11-7-9-19-38-30/h21-22,24-25,27,30,35H,7,9-15,17-20H2,1-6H3/t24?,25?,27?,30?,32-,33-/m0/s1. The molecule has 1 N–H and O–H groups in total. The van der Waals surface area contributed by atoms with Crippen LogP contribution in [0, 0.1) is 39.2 Å². The van der Waals surface area contributed by atoms with Gasteiger partial charge in [0.05, 0.1) is 11.5 Å². The Morgan fingerprint density at radius 3 is 2.63 bits per heavy atom. The number of fused-ring (bicyclic) bond motifs is 5. The molecule has 3 fully saturated rings. The van der Waals surface area contributed by atoms with Crippen LogP contribution in [0.25, 0.3) is 0 Å². The number of hydrogen-bond donors (Lipinski definition) is 1. The highest BCUT2D eigenvalue weighted by Gasteiger charge is 2.61. The average Bonchev–Trinajstić information content (AvgIpc) is 3.18. The van der Waals surface area contributed by atoms with Crippen molar-refractivity contribution in [3.05, 3.63) is 33.4 Å². The van der Waals surface area contributed by atoms with E-state index in [9.17, 15) is 15.2 Å². The molecular weight excluding hydrogens is 534 g/mol. The molecule has 0 aromatic heterocycles. The number of nitrogens with zero attached hydrogens (tertiary/aromatic N) is 1.